The van der Waals surface area contributed by atoms with Crippen molar-refractivity contribution in [1.82, 2.24) is 31.2 Å². The van der Waals surface area contributed by atoms with Gasteiger partial charge in [0.25, 0.3) is 5.91 Å². The Kier molecular flexibility index (Phi) is 25.5. The molecule has 8 N–H and O–H groups in total. The maximum atomic E-state index is 14.7. The highest BCUT2D eigenvalue weighted by molar-refractivity contribution is 9.09. The van der Waals surface area contributed by atoms with Gasteiger partial charge in [0.2, 0.25) is 23.6 Å². The van der Waals surface area contributed by atoms with E-state index in [1.807, 2.05) is 13.0 Å². The molecule has 2 saturated heterocycles. The molecule has 4 heterocycles. The van der Waals surface area contributed by atoms with Gasteiger partial charge in [0.1, 0.15) is 52.8 Å². The van der Waals surface area contributed by atoms with E-state index in [2.05, 4.69) is 54.1 Å². The summed E-state index contributed by atoms with van der Waals surface area (Å²) in [6, 6.07) is 5.25. The van der Waals surface area contributed by atoms with Gasteiger partial charge in [0.05, 0.1) is 48.2 Å². The topological polar surface area (TPSA) is 338 Å². The number of carbonyl (C=O) groups is 9. The molecule has 4 bridgehead atoms. The van der Waals surface area contributed by atoms with Crippen LogP contribution in [-0.4, -0.2) is 169 Å². The number of epoxide rings is 1. The summed E-state index contributed by atoms with van der Waals surface area (Å²) in [5.41, 5.74) is 4.54. The lowest BCUT2D eigenvalue weighted by Crippen LogP contribution is -2.63. The molecule has 2 aromatic carbocycles. The molecule has 11 atom stereocenters. The van der Waals surface area contributed by atoms with Crippen molar-refractivity contribution >= 4 is 103 Å². The standard InChI is InChI=1S/C64H85BrClN9O16/c1-34(2)53(72-50(76)23-14-13-19-37(5)88-59(81)36(4)33-65)57(79)71-44(21-17-27-69-61(67)83)56(78)70-43-25-24-42(54-41(43)20-16-26-68-54)58(80)74(9)39(7)60(82)90-49-31-51(77)75(10)45-29-40(30-46(86-11)52(45)66)28-35(3)18-15-22-48(87-12)64(85)32-47(89-62(84)73-64)38(6)55-63(49,8)91-55/h15-16,18,20,22,24-26,29-30,34,37-39,44,47-49,53,55,85H,4,13-14,17,19,21,23,27-28,31-33H2,1-3,5-12H3,(H,70,78)(H,71,79)(H,72,76)(H,73,84)(H3,67,69,83)/b22-15+,35-18+/t37?,38-,39+,44+,47+,48-,49+,53+,55+,63+,64+/m1/s1. The number of urea groups is 1. The van der Waals surface area contributed by atoms with Gasteiger partial charge in [-0.1, -0.05) is 78.7 Å². The van der Waals surface area contributed by atoms with Gasteiger partial charge in [0, 0.05) is 69.0 Å². The van der Waals surface area contributed by atoms with Crippen LogP contribution in [0.4, 0.5) is 21.0 Å². The Bertz CT molecular complexity index is 3290. The van der Waals surface area contributed by atoms with E-state index in [9.17, 15) is 48.3 Å². The van der Waals surface area contributed by atoms with E-state index < -0.39 is 132 Å². The van der Waals surface area contributed by atoms with Crippen LogP contribution in [0.3, 0.4) is 0 Å². The number of fused-ring (bicyclic) bond motifs is 6. The van der Waals surface area contributed by atoms with Gasteiger partial charge in [-0.05, 0) is 114 Å². The Labute approximate surface area is 543 Å². The lowest BCUT2D eigenvalue weighted by atomic mass is 9.83. The molecule has 1 unspecified atom stereocenters. The number of rotatable bonds is 24. The number of nitrogens with zero attached hydrogens (tertiary/aromatic N) is 3. The van der Waals surface area contributed by atoms with E-state index in [1.54, 1.807) is 71.0 Å². The van der Waals surface area contributed by atoms with Gasteiger partial charge in [0.15, 0.2) is 5.72 Å². The van der Waals surface area contributed by atoms with Crippen molar-refractivity contribution in [2.45, 2.75) is 166 Å². The zero-order valence-corrected chi connectivity index (χ0v) is 55.6. The van der Waals surface area contributed by atoms with E-state index in [4.69, 9.17) is 45.8 Å². The number of halogens is 2. The molecule has 1 aromatic heterocycles. The summed E-state index contributed by atoms with van der Waals surface area (Å²) in [6.07, 6.45) is 2.75. The van der Waals surface area contributed by atoms with Crippen LogP contribution in [0.1, 0.15) is 116 Å². The molecule has 8 amide bonds. The first kappa shape index (κ1) is 72.4. The number of anilines is 2. The molecule has 3 aliphatic heterocycles. The van der Waals surface area contributed by atoms with Crippen molar-refractivity contribution in [2.75, 3.05) is 50.4 Å². The second kappa shape index (κ2) is 32.1. The Morgan fingerprint density at radius 1 is 1.03 bits per heavy atom. The normalized spacial score (nSPS) is 23.8. The average molecular weight is 1350 g/mol. The number of benzene rings is 2. The van der Waals surface area contributed by atoms with Crippen molar-refractivity contribution in [3.63, 3.8) is 0 Å². The minimum Gasteiger partial charge on any atom is -0.495 e. The lowest BCUT2D eigenvalue weighted by Gasteiger charge is -2.42. The van der Waals surface area contributed by atoms with Crippen molar-refractivity contribution in [1.29, 1.82) is 0 Å². The number of aliphatic hydroxyl groups is 1. The summed E-state index contributed by atoms with van der Waals surface area (Å²) in [7, 11) is 5.76. The largest absolute Gasteiger partial charge is 0.495 e. The number of hydrogen-bond acceptors (Lipinski definition) is 17. The van der Waals surface area contributed by atoms with Crippen molar-refractivity contribution in [3.8, 4) is 5.75 Å². The quantitative estimate of drug-likeness (QED) is 0.0121. The van der Waals surface area contributed by atoms with E-state index in [0.717, 1.165) is 16.0 Å². The number of unbranched alkanes of at least 4 members (excludes halogenated alkanes) is 1. The van der Waals surface area contributed by atoms with Crippen molar-refractivity contribution < 1.29 is 76.7 Å². The van der Waals surface area contributed by atoms with Gasteiger partial charge in [-0.25, -0.2) is 19.2 Å². The molecular weight excluding hydrogens is 1270 g/mol. The maximum absolute atomic E-state index is 14.7. The third-order valence-electron chi connectivity index (χ3n) is 16.6. The molecule has 0 spiro atoms. The zero-order valence-electron chi connectivity index (χ0n) is 53.3. The number of amides is 8. The van der Waals surface area contributed by atoms with E-state index in [1.165, 1.54) is 58.5 Å². The first-order valence-corrected chi connectivity index (χ1v) is 31.6. The van der Waals surface area contributed by atoms with Gasteiger partial charge in [-0.15, -0.1) is 0 Å². The van der Waals surface area contributed by atoms with Gasteiger partial charge in [-0.2, -0.15) is 0 Å². The fourth-order valence-electron chi connectivity index (χ4n) is 11.0. The number of esters is 2. The van der Waals surface area contributed by atoms with E-state index in [-0.39, 0.29) is 64.9 Å². The van der Waals surface area contributed by atoms with Crippen LogP contribution in [0.5, 0.6) is 5.75 Å². The molecule has 2 fully saturated rings. The molecule has 0 aliphatic carbocycles. The Morgan fingerprint density at radius 3 is 2.43 bits per heavy atom. The number of pyridine rings is 1. The zero-order chi connectivity index (χ0) is 67.2. The maximum Gasteiger partial charge on any atom is 0.409 e. The van der Waals surface area contributed by atoms with Crippen LogP contribution in [0.25, 0.3) is 10.9 Å². The van der Waals surface area contributed by atoms with Gasteiger partial charge in [-0.3, -0.25) is 34.3 Å². The number of carbonyl (C=O) groups excluding carboxylic acids is 9. The Hall–Kier alpha value is -7.65. The third-order valence-corrected chi connectivity index (χ3v) is 17.7. The van der Waals surface area contributed by atoms with Gasteiger partial charge >= 0.3 is 24.1 Å². The monoisotopic (exact) mass is 1350 g/mol. The minimum absolute atomic E-state index is 0.0189. The molecule has 496 valence electrons. The number of aromatic nitrogens is 1. The Morgan fingerprint density at radius 2 is 1.76 bits per heavy atom. The van der Waals surface area contributed by atoms with Crippen LogP contribution in [-0.2, 0) is 58.9 Å². The fourth-order valence-corrected chi connectivity index (χ4v) is 11.5. The second-order valence-electron chi connectivity index (χ2n) is 23.8. The highest BCUT2D eigenvalue weighted by atomic mass is 79.9. The first-order valence-electron chi connectivity index (χ1n) is 30.1. The molecule has 6 rings (SSSR count). The number of alkyl carbamates (subject to hydrolysis) is 1. The fraction of sp³-hybridized carbons (Fsp3) is 0.531. The number of alkyl halides is 1. The number of hydrogen-bond donors (Lipinski definition) is 7. The summed E-state index contributed by atoms with van der Waals surface area (Å²) >= 11 is 10.1. The molecule has 91 heavy (non-hydrogen) atoms. The van der Waals surface area contributed by atoms with Crippen LogP contribution in [0.2, 0.25) is 5.02 Å². The molecule has 0 radical (unpaired) electrons. The van der Waals surface area contributed by atoms with Crippen LogP contribution in [0, 0.1) is 11.8 Å². The molecule has 3 aromatic rings. The lowest BCUT2D eigenvalue weighted by molar-refractivity contribution is -0.158. The van der Waals surface area contributed by atoms with Crippen LogP contribution in [0.15, 0.2) is 78.5 Å². The summed E-state index contributed by atoms with van der Waals surface area (Å²) < 4.78 is 35.1. The first-order chi connectivity index (χ1) is 43.0. The molecule has 25 nitrogen and oxygen atoms in total. The summed E-state index contributed by atoms with van der Waals surface area (Å²) in [5, 5.41) is 26.1. The van der Waals surface area contributed by atoms with E-state index in [0.29, 0.717) is 42.5 Å². The Balaban J connectivity index is 1.21. The van der Waals surface area contributed by atoms with Crippen molar-refractivity contribution in [3.05, 3.63) is 94.7 Å². The number of nitrogens with two attached hydrogens (primary N) is 1. The highest BCUT2D eigenvalue weighted by Gasteiger charge is 2.64. The van der Waals surface area contributed by atoms with Crippen LogP contribution < -0.4 is 42.0 Å². The molecule has 0 saturated carbocycles. The molecular formula is C64H85BrClN9O16. The summed E-state index contributed by atoms with van der Waals surface area (Å²) in [6.45, 7) is 15.7. The predicted molar refractivity (Wildman–Crippen MR) is 343 cm³/mol. The highest BCUT2D eigenvalue weighted by Crippen LogP contribution is 2.49. The van der Waals surface area contributed by atoms with Gasteiger partial charge < -0.3 is 70.3 Å². The number of primary amides is 1. The number of methoxy groups -OCH3 is 2. The SMILES string of the molecule is C=C(CBr)C(=O)OC(C)CCCCC(=O)N[C@H](C(=O)N[C@@H](CCCNC(N)=O)C(=O)Nc1ccc(C(=O)N(C)[C@@H](C)C(=O)O[C@H]2CC(=O)N(C)c3cc(cc(OC)c3Cl)C/C(C)=C/C=C/[C@@H](OC)[C@@]3(O)C[C@H](OC(=O)N3)[C@@H](C)[C@@H]3O[C@@]23C)c2ncccc12)C(C)C. The predicted octanol–water partition coefficient (Wildman–Crippen LogP) is 6.83. The van der Waals surface area contributed by atoms with E-state index >= 15 is 0 Å². The second-order valence-corrected chi connectivity index (χ2v) is 24.8. The van der Waals surface area contributed by atoms with Crippen molar-refractivity contribution in [2.24, 2.45) is 17.6 Å². The van der Waals surface area contributed by atoms with Crippen LogP contribution >= 0.6 is 27.5 Å². The number of likely N-dealkylation sites (N-methyl/N-ethyl adjacent to an activating group) is 1. The average Bonchev–Trinajstić information content (AvgIpc) is 1.59. The summed E-state index contributed by atoms with van der Waals surface area (Å²) in [5.74, 6) is -5.12. The number of ether oxygens (including phenoxy) is 6. The number of nitrogens with one attached hydrogen (secondary N) is 5. The smallest absolute Gasteiger partial charge is 0.409 e. The molecule has 3 aliphatic rings. The number of allylic oxidation sites excluding steroid dienone is 3. The minimum atomic E-state index is -1.93. The third kappa shape index (κ3) is 18.5. The molecule has 27 heteroatoms. The summed E-state index contributed by atoms with van der Waals surface area (Å²) in [4.78, 5) is 129.